The molecule has 0 saturated heterocycles. The third-order valence-corrected chi connectivity index (χ3v) is 2.14. The number of carbonyl (C=O) groups excluding carboxylic acids is 1. The van der Waals surface area contributed by atoms with Crippen LogP contribution < -0.4 is 10.6 Å². The molecular weight excluding hydrogens is 214 g/mol. The van der Waals surface area contributed by atoms with Crippen LogP contribution in [0.15, 0.2) is 24.3 Å². The van der Waals surface area contributed by atoms with Crippen LogP contribution in [0.2, 0.25) is 0 Å². The molecule has 1 amide bonds. The third-order valence-electron chi connectivity index (χ3n) is 2.14. The summed E-state index contributed by atoms with van der Waals surface area (Å²) in [5, 5.41) is 14.5. The highest BCUT2D eigenvalue weighted by Crippen LogP contribution is 2.08. The molecule has 0 aliphatic heterocycles. The van der Waals surface area contributed by atoms with Gasteiger partial charge >= 0.3 is 0 Å². The zero-order chi connectivity index (χ0) is 12.7. The molecule has 4 nitrogen and oxygen atoms in total. The lowest BCUT2D eigenvalue weighted by Gasteiger charge is -2.08. The standard InChI is InChI=1S/C13H17N3O/c1-10(2)8-15-9-13(17)16-12-5-3-11(7-14)4-6-12/h3-6,10,15H,8-9H2,1-2H3,(H,16,17). The maximum absolute atomic E-state index is 11.5. The molecule has 2 N–H and O–H groups in total. The summed E-state index contributed by atoms with van der Waals surface area (Å²) in [5.41, 5.74) is 1.29. The van der Waals surface area contributed by atoms with E-state index in [0.29, 0.717) is 23.7 Å². The largest absolute Gasteiger partial charge is 0.325 e. The summed E-state index contributed by atoms with van der Waals surface area (Å²) in [7, 11) is 0. The quantitative estimate of drug-likeness (QED) is 0.811. The Morgan fingerprint density at radius 2 is 2.00 bits per heavy atom. The first kappa shape index (κ1) is 13.2. The van der Waals surface area contributed by atoms with E-state index in [9.17, 15) is 4.79 Å². The van der Waals surface area contributed by atoms with Gasteiger partial charge in [-0.2, -0.15) is 5.26 Å². The summed E-state index contributed by atoms with van der Waals surface area (Å²) < 4.78 is 0. The van der Waals surface area contributed by atoms with Gasteiger partial charge in [-0.15, -0.1) is 0 Å². The number of anilines is 1. The number of nitrogens with one attached hydrogen (secondary N) is 2. The van der Waals surface area contributed by atoms with E-state index >= 15 is 0 Å². The smallest absolute Gasteiger partial charge is 0.238 e. The Balaban J connectivity index is 2.37. The van der Waals surface area contributed by atoms with E-state index in [2.05, 4.69) is 24.5 Å². The topological polar surface area (TPSA) is 64.9 Å². The van der Waals surface area contributed by atoms with Crippen LogP contribution in [0.4, 0.5) is 5.69 Å². The predicted octanol–water partition coefficient (Wildman–Crippen LogP) is 1.74. The Kier molecular flexibility index (Phi) is 5.18. The van der Waals surface area contributed by atoms with Crippen LogP contribution >= 0.6 is 0 Å². The number of nitrogens with zero attached hydrogens (tertiary/aromatic N) is 1. The second-order valence-electron chi connectivity index (χ2n) is 4.26. The number of carbonyl (C=O) groups is 1. The minimum Gasteiger partial charge on any atom is -0.325 e. The van der Waals surface area contributed by atoms with Gasteiger partial charge in [0.15, 0.2) is 0 Å². The molecule has 1 rings (SSSR count). The zero-order valence-electron chi connectivity index (χ0n) is 10.2. The van der Waals surface area contributed by atoms with Gasteiger partial charge in [-0.3, -0.25) is 4.79 Å². The van der Waals surface area contributed by atoms with Crippen molar-refractivity contribution in [3.05, 3.63) is 29.8 Å². The van der Waals surface area contributed by atoms with E-state index in [1.165, 1.54) is 0 Å². The van der Waals surface area contributed by atoms with Gasteiger partial charge in [0, 0.05) is 5.69 Å². The summed E-state index contributed by atoms with van der Waals surface area (Å²) in [6.45, 7) is 5.30. The first-order valence-electron chi connectivity index (χ1n) is 5.62. The molecule has 0 fully saturated rings. The molecule has 0 spiro atoms. The Morgan fingerprint density at radius 1 is 1.35 bits per heavy atom. The molecule has 0 saturated carbocycles. The SMILES string of the molecule is CC(C)CNCC(=O)Nc1ccc(C#N)cc1. The van der Waals surface area contributed by atoms with Crippen molar-refractivity contribution in [3.8, 4) is 6.07 Å². The summed E-state index contributed by atoms with van der Waals surface area (Å²) in [6.07, 6.45) is 0. The van der Waals surface area contributed by atoms with Gasteiger partial charge in [-0.25, -0.2) is 0 Å². The van der Waals surface area contributed by atoms with Crippen molar-refractivity contribution in [3.63, 3.8) is 0 Å². The van der Waals surface area contributed by atoms with Gasteiger partial charge in [0.1, 0.15) is 0 Å². The van der Waals surface area contributed by atoms with Gasteiger partial charge in [0.25, 0.3) is 0 Å². The molecule has 0 radical (unpaired) electrons. The maximum atomic E-state index is 11.5. The molecule has 0 atom stereocenters. The highest BCUT2D eigenvalue weighted by Gasteiger charge is 2.02. The van der Waals surface area contributed by atoms with Crippen molar-refractivity contribution >= 4 is 11.6 Å². The normalized spacial score (nSPS) is 10.0. The lowest BCUT2D eigenvalue weighted by atomic mass is 10.2. The summed E-state index contributed by atoms with van der Waals surface area (Å²) in [6, 6.07) is 8.83. The minimum absolute atomic E-state index is 0.0737. The maximum Gasteiger partial charge on any atom is 0.238 e. The highest BCUT2D eigenvalue weighted by atomic mass is 16.1. The first-order chi connectivity index (χ1) is 8.11. The third kappa shape index (κ3) is 5.14. The van der Waals surface area contributed by atoms with Crippen LogP contribution in [0.5, 0.6) is 0 Å². The number of rotatable bonds is 5. The van der Waals surface area contributed by atoms with Crippen LogP contribution in [0.25, 0.3) is 0 Å². The van der Waals surface area contributed by atoms with Crippen LogP contribution in [0.1, 0.15) is 19.4 Å². The Bertz CT molecular complexity index is 404. The monoisotopic (exact) mass is 231 g/mol. The number of nitriles is 1. The fourth-order valence-electron chi connectivity index (χ4n) is 1.31. The van der Waals surface area contributed by atoms with Gasteiger partial charge in [0.05, 0.1) is 18.2 Å². The molecule has 17 heavy (non-hydrogen) atoms. The Hall–Kier alpha value is -1.86. The van der Waals surface area contributed by atoms with Gasteiger partial charge in [0.2, 0.25) is 5.91 Å². The average molecular weight is 231 g/mol. The molecule has 0 aliphatic rings. The van der Waals surface area contributed by atoms with Crippen LogP contribution in [-0.4, -0.2) is 19.0 Å². The molecule has 0 aromatic heterocycles. The second-order valence-corrected chi connectivity index (χ2v) is 4.26. The molecular formula is C13H17N3O. The Morgan fingerprint density at radius 3 is 2.53 bits per heavy atom. The van der Waals surface area contributed by atoms with Crippen molar-refractivity contribution in [1.29, 1.82) is 5.26 Å². The van der Waals surface area contributed by atoms with Gasteiger partial charge in [-0.1, -0.05) is 13.8 Å². The van der Waals surface area contributed by atoms with Crippen LogP contribution in [0.3, 0.4) is 0 Å². The molecule has 90 valence electrons. The van der Waals surface area contributed by atoms with Crippen molar-refractivity contribution in [1.82, 2.24) is 5.32 Å². The number of hydrogen-bond donors (Lipinski definition) is 2. The molecule has 0 aliphatic carbocycles. The second kappa shape index (κ2) is 6.66. The van der Waals surface area contributed by atoms with E-state index < -0.39 is 0 Å². The van der Waals surface area contributed by atoms with Crippen LogP contribution in [-0.2, 0) is 4.79 Å². The number of hydrogen-bond acceptors (Lipinski definition) is 3. The molecule has 4 heteroatoms. The van der Waals surface area contributed by atoms with E-state index in [1.807, 2.05) is 6.07 Å². The predicted molar refractivity (Wildman–Crippen MR) is 67.5 cm³/mol. The first-order valence-corrected chi connectivity index (χ1v) is 5.62. The van der Waals surface area contributed by atoms with E-state index in [1.54, 1.807) is 24.3 Å². The summed E-state index contributed by atoms with van der Waals surface area (Å²) in [4.78, 5) is 11.5. The lowest BCUT2D eigenvalue weighted by Crippen LogP contribution is -2.30. The fourth-order valence-corrected chi connectivity index (χ4v) is 1.31. The molecule has 1 aromatic rings. The molecule has 0 unspecified atom stereocenters. The van der Waals surface area contributed by atoms with Crippen molar-refractivity contribution < 1.29 is 4.79 Å². The van der Waals surface area contributed by atoms with E-state index in [-0.39, 0.29) is 5.91 Å². The number of benzene rings is 1. The lowest BCUT2D eigenvalue weighted by molar-refractivity contribution is -0.115. The fraction of sp³-hybridized carbons (Fsp3) is 0.385. The van der Waals surface area contributed by atoms with Gasteiger partial charge < -0.3 is 10.6 Å². The van der Waals surface area contributed by atoms with E-state index in [0.717, 1.165) is 6.54 Å². The number of amides is 1. The molecule has 0 bridgehead atoms. The minimum atomic E-state index is -0.0737. The summed E-state index contributed by atoms with van der Waals surface area (Å²) >= 11 is 0. The summed E-state index contributed by atoms with van der Waals surface area (Å²) in [5.74, 6) is 0.452. The van der Waals surface area contributed by atoms with Crippen molar-refractivity contribution in [2.45, 2.75) is 13.8 Å². The molecule has 0 heterocycles. The highest BCUT2D eigenvalue weighted by molar-refractivity contribution is 5.92. The van der Waals surface area contributed by atoms with E-state index in [4.69, 9.17) is 5.26 Å². The zero-order valence-corrected chi connectivity index (χ0v) is 10.2. The van der Waals surface area contributed by atoms with Gasteiger partial charge in [-0.05, 0) is 36.7 Å². The van der Waals surface area contributed by atoms with Crippen molar-refractivity contribution in [2.75, 3.05) is 18.4 Å². The Labute approximate surface area is 102 Å². The van der Waals surface area contributed by atoms with Crippen molar-refractivity contribution in [2.24, 2.45) is 5.92 Å². The molecule has 1 aromatic carbocycles. The van der Waals surface area contributed by atoms with Crippen LogP contribution in [0, 0.1) is 17.2 Å². The average Bonchev–Trinajstić information content (AvgIpc) is 2.29.